The number of nitrogens with zero attached hydrogens (tertiary/aromatic N) is 1. The fourth-order valence-electron chi connectivity index (χ4n) is 5.22. The largest absolute Gasteiger partial charge is 0.399 e. The molecule has 170 valence electrons. The predicted octanol–water partition coefficient (Wildman–Crippen LogP) is 6.80. The van der Waals surface area contributed by atoms with Crippen molar-refractivity contribution in [1.29, 1.82) is 0 Å². The van der Waals surface area contributed by atoms with Crippen LogP contribution in [0.5, 0.6) is 0 Å². The van der Waals surface area contributed by atoms with E-state index in [-0.39, 0.29) is 14.7 Å². The molecule has 2 fully saturated rings. The third-order valence-corrected chi connectivity index (χ3v) is 13.8. The van der Waals surface area contributed by atoms with E-state index in [9.17, 15) is 10.1 Å². The number of nitrogens with two attached hydrogens (primary N) is 1. The predicted molar refractivity (Wildman–Crippen MR) is 143 cm³/mol. The molecule has 2 aliphatic carbocycles. The van der Waals surface area contributed by atoms with Crippen molar-refractivity contribution < 1.29 is 4.92 Å². The molecular formula is C24H28N2O2S4. The molecule has 6 rings (SSSR count). The molecular weight excluding hydrogens is 477 g/mol. The molecule has 2 aromatic carbocycles. The minimum absolute atomic E-state index is 0.111. The van der Waals surface area contributed by atoms with Crippen molar-refractivity contribution in [1.82, 2.24) is 0 Å². The minimum Gasteiger partial charge on any atom is -0.399 e. The number of anilines is 1. The summed E-state index contributed by atoms with van der Waals surface area (Å²) in [6, 6.07) is 11.9. The molecule has 0 bridgehead atoms. The van der Waals surface area contributed by atoms with E-state index >= 15 is 0 Å². The second-order valence-electron chi connectivity index (χ2n) is 8.62. The fourth-order valence-corrected chi connectivity index (χ4v) is 12.1. The van der Waals surface area contributed by atoms with Crippen LogP contribution >= 0.6 is 47.0 Å². The van der Waals surface area contributed by atoms with Crippen molar-refractivity contribution in [2.24, 2.45) is 0 Å². The lowest BCUT2D eigenvalue weighted by Crippen LogP contribution is -2.21. The average molecular weight is 505 g/mol. The second-order valence-corrected chi connectivity index (χ2v) is 14.7. The van der Waals surface area contributed by atoms with Crippen LogP contribution in [0.3, 0.4) is 0 Å². The van der Waals surface area contributed by atoms with Gasteiger partial charge in [0.05, 0.1) is 13.1 Å². The molecule has 2 aromatic rings. The number of non-ortho nitro benzene ring substituents is 1. The normalized spacial score (nSPS) is 22.1. The standard InChI is InChI=1S/C12H13NO2S2.C12H15NS2/c14-13(15)10-4-3-9-2-1-5-12(11(9)8-10)16-6-7-17-12;13-10-4-3-9-2-1-5-12(11(9)8-10)14-6-7-15-12/h3-4,8H,1-2,5-7H2;3-4,8H,1-2,5-7,13H2. The van der Waals surface area contributed by atoms with Crippen LogP contribution in [-0.2, 0) is 21.0 Å². The molecule has 0 unspecified atom stereocenters. The Balaban J connectivity index is 0.000000136. The Morgan fingerprint density at radius 2 is 1.28 bits per heavy atom. The highest BCUT2D eigenvalue weighted by molar-refractivity contribution is 8.21. The molecule has 4 aliphatic rings. The van der Waals surface area contributed by atoms with Crippen molar-refractivity contribution >= 4 is 58.4 Å². The lowest BCUT2D eigenvalue weighted by molar-refractivity contribution is -0.384. The maximum Gasteiger partial charge on any atom is 0.269 e. The first kappa shape index (κ1) is 22.8. The summed E-state index contributed by atoms with van der Waals surface area (Å²) in [7, 11) is 0. The molecule has 2 spiro atoms. The van der Waals surface area contributed by atoms with Gasteiger partial charge in [0, 0.05) is 40.8 Å². The number of hydrogen-bond donors (Lipinski definition) is 1. The Labute approximate surface area is 206 Å². The Kier molecular flexibility index (Phi) is 6.67. The molecule has 32 heavy (non-hydrogen) atoms. The van der Waals surface area contributed by atoms with Gasteiger partial charge in [-0.1, -0.05) is 12.1 Å². The van der Waals surface area contributed by atoms with Gasteiger partial charge in [-0.15, -0.1) is 47.0 Å². The Bertz CT molecular complexity index is 1020. The van der Waals surface area contributed by atoms with Gasteiger partial charge < -0.3 is 5.73 Å². The zero-order valence-corrected chi connectivity index (χ0v) is 21.3. The van der Waals surface area contributed by atoms with Crippen LogP contribution in [0, 0.1) is 10.1 Å². The number of fused-ring (bicyclic) bond motifs is 4. The first-order valence-electron chi connectivity index (χ1n) is 11.2. The van der Waals surface area contributed by atoms with Crippen molar-refractivity contribution in [3.63, 3.8) is 0 Å². The molecule has 0 aromatic heterocycles. The number of thioether (sulfide) groups is 4. The SMILES string of the molecule is Nc1ccc2c(c1)C1(CCC2)SCCS1.O=[N+]([O-])c1ccc2c(c1)C1(CCC2)SCCS1. The van der Waals surface area contributed by atoms with Crippen LogP contribution in [0.15, 0.2) is 36.4 Å². The van der Waals surface area contributed by atoms with E-state index < -0.39 is 0 Å². The second kappa shape index (κ2) is 9.35. The molecule has 4 nitrogen and oxygen atoms in total. The van der Waals surface area contributed by atoms with Crippen LogP contribution in [0.2, 0.25) is 0 Å². The van der Waals surface area contributed by atoms with E-state index in [1.807, 2.05) is 35.7 Å². The topological polar surface area (TPSA) is 69.2 Å². The first-order valence-corrected chi connectivity index (χ1v) is 15.2. The number of nitro benzene ring substituents is 1. The van der Waals surface area contributed by atoms with Gasteiger partial charge in [0.25, 0.3) is 5.69 Å². The third kappa shape index (κ3) is 4.28. The van der Waals surface area contributed by atoms with Gasteiger partial charge in [0.1, 0.15) is 0 Å². The molecule has 2 heterocycles. The highest BCUT2D eigenvalue weighted by Crippen LogP contribution is 2.59. The van der Waals surface area contributed by atoms with Crippen LogP contribution < -0.4 is 5.73 Å². The van der Waals surface area contributed by atoms with Crippen molar-refractivity contribution in [3.8, 4) is 0 Å². The van der Waals surface area contributed by atoms with Crippen molar-refractivity contribution in [2.45, 2.75) is 46.7 Å². The van der Waals surface area contributed by atoms with Crippen molar-refractivity contribution in [3.05, 3.63) is 68.8 Å². The zero-order chi connectivity index (χ0) is 22.2. The molecule has 0 atom stereocenters. The highest BCUT2D eigenvalue weighted by Gasteiger charge is 2.42. The Morgan fingerprint density at radius 1 is 0.781 bits per heavy atom. The number of nitrogen functional groups attached to an aromatic ring is 1. The summed E-state index contributed by atoms with van der Waals surface area (Å²) in [5.74, 6) is 4.90. The maximum atomic E-state index is 10.9. The monoisotopic (exact) mass is 504 g/mol. The smallest absolute Gasteiger partial charge is 0.269 e. The molecule has 0 amide bonds. The molecule has 0 saturated carbocycles. The van der Waals surface area contributed by atoms with Crippen LogP contribution in [0.4, 0.5) is 11.4 Å². The summed E-state index contributed by atoms with van der Waals surface area (Å²) in [4.78, 5) is 10.6. The first-order chi connectivity index (χ1) is 15.5. The number of rotatable bonds is 1. The lowest BCUT2D eigenvalue weighted by Gasteiger charge is -2.34. The molecule has 2 N–H and O–H groups in total. The van der Waals surface area contributed by atoms with Crippen LogP contribution in [0.1, 0.15) is 47.9 Å². The maximum absolute atomic E-state index is 10.9. The van der Waals surface area contributed by atoms with E-state index in [2.05, 4.69) is 35.7 Å². The van der Waals surface area contributed by atoms with E-state index in [1.54, 1.807) is 12.1 Å². The van der Waals surface area contributed by atoms with Crippen LogP contribution in [-0.4, -0.2) is 27.9 Å². The summed E-state index contributed by atoms with van der Waals surface area (Å²) in [6.45, 7) is 0. The number of aryl methyl sites for hydroxylation is 2. The summed E-state index contributed by atoms with van der Waals surface area (Å²) in [6.07, 6.45) is 7.30. The highest BCUT2D eigenvalue weighted by atomic mass is 32.2. The van der Waals surface area contributed by atoms with Gasteiger partial charge in [0.2, 0.25) is 0 Å². The van der Waals surface area contributed by atoms with Gasteiger partial charge in [-0.2, -0.15) is 0 Å². The summed E-state index contributed by atoms with van der Waals surface area (Å²) >= 11 is 8.19. The Morgan fingerprint density at radius 3 is 1.81 bits per heavy atom. The van der Waals surface area contributed by atoms with Gasteiger partial charge in [0.15, 0.2) is 0 Å². The zero-order valence-electron chi connectivity index (χ0n) is 18.0. The quantitative estimate of drug-likeness (QED) is 0.260. The minimum atomic E-state index is -0.285. The van der Waals surface area contributed by atoms with E-state index in [0.717, 1.165) is 30.0 Å². The molecule has 8 heteroatoms. The summed E-state index contributed by atoms with van der Waals surface area (Å²) in [5.41, 5.74) is 12.6. The lowest BCUT2D eigenvalue weighted by atomic mass is 9.90. The fraction of sp³-hybridized carbons (Fsp3) is 0.500. The number of benzene rings is 2. The van der Waals surface area contributed by atoms with Gasteiger partial charge >= 0.3 is 0 Å². The van der Waals surface area contributed by atoms with E-state index in [1.165, 1.54) is 59.4 Å². The van der Waals surface area contributed by atoms with Gasteiger partial charge in [-0.25, -0.2) is 0 Å². The molecule has 2 aliphatic heterocycles. The van der Waals surface area contributed by atoms with Gasteiger partial charge in [-0.05, 0) is 72.9 Å². The number of hydrogen-bond acceptors (Lipinski definition) is 7. The third-order valence-electron chi connectivity index (χ3n) is 6.67. The average Bonchev–Trinajstić information content (AvgIpc) is 3.46. The number of nitro groups is 1. The molecule has 0 radical (unpaired) electrons. The summed E-state index contributed by atoms with van der Waals surface area (Å²) < 4.78 is 0.461. The van der Waals surface area contributed by atoms with Gasteiger partial charge in [-0.3, -0.25) is 10.1 Å². The summed E-state index contributed by atoms with van der Waals surface area (Å²) in [5, 5.41) is 10.9. The van der Waals surface area contributed by atoms with Crippen molar-refractivity contribution in [2.75, 3.05) is 28.7 Å². The van der Waals surface area contributed by atoms with Crippen LogP contribution in [0.25, 0.3) is 0 Å². The van der Waals surface area contributed by atoms with E-state index in [0.29, 0.717) is 4.08 Å². The Hall–Kier alpha value is -0.960. The van der Waals surface area contributed by atoms with E-state index in [4.69, 9.17) is 5.73 Å². The molecule has 2 saturated heterocycles.